The molecule has 1 aliphatic carbocycles. The van der Waals surface area contributed by atoms with Crippen LogP contribution in [0.3, 0.4) is 0 Å². The second-order valence-corrected chi connectivity index (χ2v) is 8.17. The quantitative estimate of drug-likeness (QED) is 0.504. The number of benzene rings is 1. The molecule has 0 aliphatic heterocycles. The molecular formula is C22H25NO6S. The first-order valence-corrected chi connectivity index (χ1v) is 10.6. The van der Waals surface area contributed by atoms with Gasteiger partial charge in [-0.15, -0.1) is 11.3 Å². The Kier molecular flexibility index (Phi) is 7.10. The van der Waals surface area contributed by atoms with Crippen molar-refractivity contribution in [1.82, 2.24) is 0 Å². The van der Waals surface area contributed by atoms with Crippen LogP contribution >= 0.6 is 11.3 Å². The van der Waals surface area contributed by atoms with Crippen molar-refractivity contribution in [2.24, 2.45) is 0 Å². The molecule has 1 amide bonds. The third kappa shape index (κ3) is 4.81. The number of thiophene rings is 1. The smallest absolute Gasteiger partial charge is 0.341 e. The van der Waals surface area contributed by atoms with Gasteiger partial charge >= 0.3 is 11.9 Å². The number of ether oxygens (including phenoxy) is 3. The first-order valence-electron chi connectivity index (χ1n) is 9.75. The summed E-state index contributed by atoms with van der Waals surface area (Å²) >= 11 is 1.32. The molecule has 30 heavy (non-hydrogen) atoms. The zero-order chi connectivity index (χ0) is 21.7. The summed E-state index contributed by atoms with van der Waals surface area (Å²) in [6, 6.07) is 7.72. The van der Waals surface area contributed by atoms with Gasteiger partial charge in [0.25, 0.3) is 0 Å². The lowest BCUT2D eigenvalue weighted by Gasteiger charge is -2.12. The van der Waals surface area contributed by atoms with Gasteiger partial charge in [0.05, 0.1) is 32.3 Å². The Hall–Kier alpha value is -2.87. The number of aryl methyl sites for hydroxylation is 2. The van der Waals surface area contributed by atoms with E-state index in [1.165, 1.54) is 25.6 Å². The maximum absolute atomic E-state index is 12.4. The molecule has 0 spiro atoms. The lowest BCUT2D eigenvalue weighted by molar-refractivity contribution is -0.142. The molecule has 0 saturated carbocycles. The Labute approximate surface area is 179 Å². The van der Waals surface area contributed by atoms with Crippen molar-refractivity contribution in [2.75, 3.05) is 26.1 Å². The van der Waals surface area contributed by atoms with Gasteiger partial charge < -0.3 is 19.5 Å². The van der Waals surface area contributed by atoms with Gasteiger partial charge in [0.15, 0.2) is 0 Å². The molecule has 1 heterocycles. The van der Waals surface area contributed by atoms with Crippen molar-refractivity contribution in [3.05, 3.63) is 45.8 Å². The summed E-state index contributed by atoms with van der Waals surface area (Å²) in [5.41, 5.74) is 1.99. The molecule has 1 aromatic carbocycles. The Morgan fingerprint density at radius 3 is 2.70 bits per heavy atom. The van der Waals surface area contributed by atoms with Crippen LogP contribution in [-0.2, 0) is 25.5 Å². The van der Waals surface area contributed by atoms with E-state index in [4.69, 9.17) is 14.2 Å². The maximum Gasteiger partial charge on any atom is 0.341 e. The van der Waals surface area contributed by atoms with Crippen molar-refractivity contribution >= 4 is 34.2 Å². The number of carbonyl (C=O) groups is 3. The summed E-state index contributed by atoms with van der Waals surface area (Å²) < 4.78 is 15.4. The molecule has 2 aromatic rings. The Morgan fingerprint density at radius 2 is 2.00 bits per heavy atom. The Morgan fingerprint density at radius 1 is 1.20 bits per heavy atom. The predicted octanol–water partition coefficient (Wildman–Crippen LogP) is 3.84. The van der Waals surface area contributed by atoms with Crippen LogP contribution in [0.4, 0.5) is 5.00 Å². The highest BCUT2D eigenvalue weighted by Gasteiger charge is 2.38. The van der Waals surface area contributed by atoms with Gasteiger partial charge in [-0.3, -0.25) is 9.59 Å². The summed E-state index contributed by atoms with van der Waals surface area (Å²) in [7, 11) is 2.61. The van der Waals surface area contributed by atoms with Gasteiger partial charge in [0.2, 0.25) is 5.91 Å². The van der Waals surface area contributed by atoms with E-state index in [-0.39, 0.29) is 23.9 Å². The summed E-state index contributed by atoms with van der Waals surface area (Å²) in [6.07, 6.45) is 2.02. The van der Waals surface area contributed by atoms with Crippen LogP contribution in [0.5, 0.6) is 5.75 Å². The van der Waals surface area contributed by atoms with Crippen LogP contribution in [0.1, 0.15) is 51.5 Å². The molecule has 1 atom stereocenters. The lowest BCUT2D eigenvalue weighted by Crippen LogP contribution is -2.18. The van der Waals surface area contributed by atoms with Crippen LogP contribution in [0.2, 0.25) is 0 Å². The summed E-state index contributed by atoms with van der Waals surface area (Å²) in [5, 5.41) is 3.23. The molecule has 0 fully saturated rings. The monoisotopic (exact) mass is 431 g/mol. The fraction of sp³-hybridized carbons (Fsp3) is 0.409. The van der Waals surface area contributed by atoms with Gasteiger partial charge in [0.1, 0.15) is 10.8 Å². The molecule has 1 aromatic heterocycles. The second kappa shape index (κ2) is 9.75. The molecule has 0 bridgehead atoms. The molecule has 7 nitrogen and oxygen atoms in total. The number of carbonyl (C=O) groups excluding carboxylic acids is 3. The average molecular weight is 432 g/mol. The molecule has 8 heteroatoms. The first kappa shape index (κ1) is 21.8. The fourth-order valence-corrected chi connectivity index (χ4v) is 4.83. The van der Waals surface area contributed by atoms with E-state index in [1.54, 1.807) is 0 Å². The number of methoxy groups -OCH3 is 2. The number of nitrogens with one attached hydrogen (secondary N) is 1. The van der Waals surface area contributed by atoms with E-state index in [2.05, 4.69) is 5.32 Å². The third-order valence-electron chi connectivity index (χ3n) is 4.97. The number of anilines is 1. The standard InChI is InChI=1S/C22H25NO6S/c1-13-6-4-7-14(12-13)29-11-5-8-17(24)23-20-19(22(26)28-3)18-15(21(25)27-2)9-10-16(18)30-20/h4,6-7,12,15H,5,8-11H2,1-3H3,(H,23,24)/t15-/m0/s1. The van der Waals surface area contributed by atoms with Crippen molar-refractivity contribution < 1.29 is 28.6 Å². The zero-order valence-electron chi connectivity index (χ0n) is 17.3. The van der Waals surface area contributed by atoms with Crippen LogP contribution in [0.25, 0.3) is 0 Å². The SMILES string of the molecule is COC(=O)c1c(NC(=O)CCCOc2cccc(C)c2)sc2c1[C@@H](C(=O)OC)CC2. The van der Waals surface area contributed by atoms with E-state index in [1.807, 2.05) is 31.2 Å². The minimum Gasteiger partial charge on any atom is -0.494 e. The Bertz CT molecular complexity index is 951. The summed E-state index contributed by atoms with van der Waals surface area (Å²) in [4.78, 5) is 37.9. The Balaban J connectivity index is 1.64. The minimum absolute atomic E-state index is 0.220. The highest BCUT2D eigenvalue weighted by molar-refractivity contribution is 7.17. The van der Waals surface area contributed by atoms with E-state index < -0.39 is 11.9 Å². The second-order valence-electron chi connectivity index (χ2n) is 7.07. The van der Waals surface area contributed by atoms with E-state index in [0.717, 1.165) is 16.2 Å². The predicted molar refractivity (Wildman–Crippen MR) is 113 cm³/mol. The molecule has 0 unspecified atom stereocenters. The average Bonchev–Trinajstić information content (AvgIpc) is 3.29. The number of rotatable bonds is 8. The first-order chi connectivity index (χ1) is 14.4. The van der Waals surface area contributed by atoms with Gasteiger partial charge in [-0.2, -0.15) is 0 Å². The fourth-order valence-electron chi connectivity index (χ4n) is 3.55. The van der Waals surface area contributed by atoms with Crippen LogP contribution in [0, 0.1) is 6.92 Å². The van der Waals surface area contributed by atoms with Gasteiger partial charge in [-0.05, 0) is 49.4 Å². The molecule has 160 valence electrons. The molecule has 1 N–H and O–H groups in total. The molecule has 3 rings (SSSR count). The van der Waals surface area contributed by atoms with Crippen molar-refractivity contribution in [2.45, 2.75) is 38.5 Å². The van der Waals surface area contributed by atoms with E-state index in [9.17, 15) is 14.4 Å². The number of fused-ring (bicyclic) bond motifs is 1. The topological polar surface area (TPSA) is 90.9 Å². The highest BCUT2D eigenvalue weighted by Crippen LogP contribution is 2.45. The largest absolute Gasteiger partial charge is 0.494 e. The maximum atomic E-state index is 12.4. The molecule has 1 aliphatic rings. The number of esters is 2. The van der Waals surface area contributed by atoms with Crippen LogP contribution in [0.15, 0.2) is 24.3 Å². The van der Waals surface area contributed by atoms with Crippen LogP contribution in [-0.4, -0.2) is 38.7 Å². The van der Waals surface area contributed by atoms with Crippen molar-refractivity contribution in [3.63, 3.8) is 0 Å². The molecule has 0 radical (unpaired) electrons. The summed E-state index contributed by atoms with van der Waals surface area (Å²) in [5.74, 6) is -0.914. The van der Waals surface area contributed by atoms with Crippen molar-refractivity contribution in [1.29, 1.82) is 0 Å². The summed E-state index contributed by atoms with van der Waals surface area (Å²) in [6.45, 7) is 2.40. The van der Waals surface area contributed by atoms with Crippen LogP contribution < -0.4 is 10.1 Å². The van der Waals surface area contributed by atoms with E-state index in [0.29, 0.717) is 36.4 Å². The molecular weight excluding hydrogens is 406 g/mol. The highest BCUT2D eigenvalue weighted by atomic mass is 32.1. The van der Waals surface area contributed by atoms with Gasteiger partial charge in [0, 0.05) is 11.3 Å². The lowest BCUT2D eigenvalue weighted by atomic mass is 9.99. The van der Waals surface area contributed by atoms with Crippen molar-refractivity contribution in [3.8, 4) is 5.75 Å². The van der Waals surface area contributed by atoms with Gasteiger partial charge in [-0.25, -0.2) is 4.79 Å². The van der Waals surface area contributed by atoms with E-state index >= 15 is 0 Å². The molecule has 0 saturated heterocycles. The number of hydrogen-bond donors (Lipinski definition) is 1. The minimum atomic E-state index is -0.568. The third-order valence-corrected chi connectivity index (χ3v) is 6.15. The zero-order valence-corrected chi connectivity index (χ0v) is 18.1. The normalized spacial score (nSPS) is 14.7. The number of amides is 1. The van der Waals surface area contributed by atoms with Gasteiger partial charge in [-0.1, -0.05) is 12.1 Å². The number of hydrogen-bond acceptors (Lipinski definition) is 7.